The van der Waals surface area contributed by atoms with Crippen molar-refractivity contribution < 1.29 is 37.1 Å². The summed E-state index contributed by atoms with van der Waals surface area (Å²) >= 11 is 5.36. The molecule has 1 saturated carbocycles. The van der Waals surface area contributed by atoms with Crippen LogP contribution in [0.1, 0.15) is 47.5 Å². The smallest absolute Gasteiger partial charge is 0.315 e. The monoisotopic (exact) mass is 565 g/mol. The van der Waals surface area contributed by atoms with Gasteiger partial charge in [-0.05, 0) is 35.5 Å². The summed E-state index contributed by atoms with van der Waals surface area (Å²) in [5.41, 5.74) is -1.39. The molecule has 2 heterocycles. The summed E-state index contributed by atoms with van der Waals surface area (Å²) in [5.74, 6) is -5.84. The summed E-state index contributed by atoms with van der Waals surface area (Å²) in [4.78, 5) is 64.9. The second kappa shape index (κ2) is 10.9. The van der Waals surface area contributed by atoms with Crippen LogP contribution in [0.2, 0.25) is 0 Å². The van der Waals surface area contributed by atoms with Crippen LogP contribution in [0.5, 0.6) is 0 Å². The first-order chi connectivity index (χ1) is 17.5. The summed E-state index contributed by atoms with van der Waals surface area (Å²) in [6.07, 6.45) is -2.62. The Labute approximate surface area is 224 Å². The Morgan fingerprint density at radius 2 is 1.87 bits per heavy atom. The fraction of sp³-hybridized carbons (Fsp3) is 0.792. The molecule has 6 atom stereocenters. The number of carbonyl (C=O) groups is 5. The van der Waals surface area contributed by atoms with Gasteiger partial charge < -0.3 is 15.5 Å². The molecule has 3 rings (SSSR count). The highest BCUT2D eigenvalue weighted by Crippen LogP contribution is 2.65. The fourth-order valence-electron chi connectivity index (χ4n) is 5.53. The number of piperidine rings is 1. The van der Waals surface area contributed by atoms with E-state index in [4.69, 9.17) is 11.6 Å². The van der Waals surface area contributed by atoms with Crippen molar-refractivity contribution >= 4 is 41.1 Å². The molecule has 0 aromatic carbocycles. The Kier molecular flexibility index (Phi) is 8.59. The normalized spacial score (nSPS) is 27.3. The number of fused-ring (bicyclic) bond motifs is 1. The number of alkyl halides is 4. The minimum atomic E-state index is -3.33. The highest BCUT2D eigenvalue weighted by molar-refractivity contribution is 6.29. The zero-order valence-electron chi connectivity index (χ0n) is 22.0. The first-order valence-corrected chi connectivity index (χ1v) is 13.0. The van der Waals surface area contributed by atoms with Gasteiger partial charge in [-0.25, -0.2) is 9.40 Å². The summed E-state index contributed by atoms with van der Waals surface area (Å²) in [6.45, 7) is 9.04. The van der Waals surface area contributed by atoms with Crippen molar-refractivity contribution in [3.05, 3.63) is 0 Å². The van der Waals surface area contributed by atoms with Crippen molar-refractivity contribution in [2.75, 3.05) is 19.6 Å². The van der Waals surface area contributed by atoms with E-state index in [1.54, 1.807) is 20.8 Å². The number of hydrazine groups is 1. The number of nitrogens with zero attached hydrogens (tertiary/aromatic N) is 2. The lowest BCUT2D eigenvalue weighted by atomic mass is 9.80. The van der Waals surface area contributed by atoms with Gasteiger partial charge in [-0.1, -0.05) is 46.2 Å². The third-order valence-electron chi connectivity index (χ3n) is 8.45. The maximum Gasteiger partial charge on any atom is 0.315 e. The van der Waals surface area contributed by atoms with E-state index in [-0.39, 0.29) is 36.2 Å². The van der Waals surface area contributed by atoms with Crippen molar-refractivity contribution in [2.24, 2.45) is 28.6 Å². The number of carbonyl (C=O) groups excluding carboxylic acids is 5. The SMILES string of the molecule is CCC(C)(C)[C@H](NC(=O)C(F)F)C(=O)N1C[C@H]2[C@@H]([C@H]1C(=O)NN(C[C@@H]1CCNC1=O)C(=O)[C@@H](F)Cl)C2(C)C. The molecule has 0 spiro atoms. The molecular formula is C24H35ClF3N5O5. The van der Waals surface area contributed by atoms with Crippen molar-refractivity contribution in [3.63, 3.8) is 0 Å². The van der Waals surface area contributed by atoms with Gasteiger partial charge in [0.2, 0.25) is 11.8 Å². The second-order valence-electron chi connectivity index (χ2n) is 11.5. The van der Waals surface area contributed by atoms with Gasteiger partial charge in [0.05, 0.1) is 12.5 Å². The molecule has 1 aliphatic carbocycles. The molecule has 5 amide bonds. The fourth-order valence-corrected chi connectivity index (χ4v) is 5.64. The third-order valence-corrected chi connectivity index (χ3v) is 8.63. The van der Waals surface area contributed by atoms with E-state index >= 15 is 0 Å². The molecule has 0 unspecified atom stereocenters. The zero-order chi connectivity index (χ0) is 28.7. The van der Waals surface area contributed by atoms with Gasteiger partial charge in [-0.3, -0.25) is 29.4 Å². The molecule has 3 fully saturated rings. The van der Waals surface area contributed by atoms with Crippen LogP contribution in [-0.2, 0) is 24.0 Å². The summed E-state index contributed by atoms with van der Waals surface area (Å²) in [6, 6.07) is -2.47. The topological polar surface area (TPSA) is 128 Å². The van der Waals surface area contributed by atoms with Gasteiger partial charge in [-0.2, -0.15) is 8.78 Å². The Hall–Kier alpha value is -2.57. The van der Waals surface area contributed by atoms with E-state index < -0.39 is 59.1 Å². The van der Waals surface area contributed by atoms with Crippen LogP contribution in [0.4, 0.5) is 13.2 Å². The number of hydrogen-bond donors (Lipinski definition) is 3. The Bertz CT molecular complexity index is 994. The van der Waals surface area contributed by atoms with Crippen LogP contribution < -0.4 is 16.1 Å². The van der Waals surface area contributed by atoms with Crippen LogP contribution >= 0.6 is 11.6 Å². The Morgan fingerprint density at radius 3 is 2.37 bits per heavy atom. The summed E-state index contributed by atoms with van der Waals surface area (Å²) in [5, 5.41) is 5.39. The van der Waals surface area contributed by atoms with E-state index in [1.807, 2.05) is 13.8 Å². The molecular weight excluding hydrogens is 531 g/mol. The molecule has 14 heteroatoms. The molecule has 3 N–H and O–H groups in total. The summed E-state index contributed by atoms with van der Waals surface area (Å²) < 4.78 is 39.9. The molecule has 0 aromatic heterocycles. The quantitative estimate of drug-likeness (QED) is 0.286. The molecule has 0 bridgehead atoms. The van der Waals surface area contributed by atoms with E-state index in [9.17, 15) is 37.1 Å². The Morgan fingerprint density at radius 1 is 1.24 bits per heavy atom. The van der Waals surface area contributed by atoms with Crippen LogP contribution in [-0.4, -0.2) is 83.2 Å². The lowest BCUT2D eigenvalue weighted by molar-refractivity contribution is -0.152. The minimum Gasteiger partial charge on any atom is -0.356 e. The highest BCUT2D eigenvalue weighted by atomic mass is 35.5. The number of nitrogens with one attached hydrogen (secondary N) is 3. The molecule has 0 radical (unpaired) electrons. The average molecular weight is 566 g/mol. The number of halogens is 4. The van der Waals surface area contributed by atoms with Crippen molar-refractivity contribution in [1.29, 1.82) is 0 Å². The van der Waals surface area contributed by atoms with Crippen molar-refractivity contribution in [3.8, 4) is 0 Å². The zero-order valence-corrected chi connectivity index (χ0v) is 22.8. The minimum absolute atomic E-state index is 0.0925. The van der Waals surface area contributed by atoms with Crippen molar-refractivity contribution in [2.45, 2.75) is 71.6 Å². The van der Waals surface area contributed by atoms with E-state index in [2.05, 4.69) is 16.1 Å². The molecule has 0 aromatic rings. The van der Waals surface area contributed by atoms with Crippen LogP contribution in [0.15, 0.2) is 0 Å². The second-order valence-corrected chi connectivity index (χ2v) is 11.9. The first kappa shape index (κ1) is 30.0. The average Bonchev–Trinajstić information content (AvgIpc) is 3.20. The van der Waals surface area contributed by atoms with Gasteiger partial charge >= 0.3 is 6.43 Å². The van der Waals surface area contributed by atoms with E-state index in [0.29, 0.717) is 24.4 Å². The van der Waals surface area contributed by atoms with Gasteiger partial charge in [0.1, 0.15) is 12.1 Å². The van der Waals surface area contributed by atoms with Crippen LogP contribution in [0.25, 0.3) is 0 Å². The van der Waals surface area contributed by atoms with Crippen LogP contribution in [0, 0.1) is 28.6 Å². The van der Waals surface area contributed by atoms with Gasteiger partial charge in [0.15, 0.2) is 0 Å². The number of hydrogen-bond acceptors (Lipinski definition) is 5. The molecule has 214 valence electrons. The van der Waals surface area contributed by atoms with Gasteiger partial charge in [0.25, 0.3) is 23.4 Å². The van der Waals surface area contributed by atoms with Gasteiger partial charge in [-0.15, -0.1) is 0 Å². The van der Waals surface area contributed by atoms with E-state index in [1.165, 1.54) is 4.90 Å². The molecule has 2 saturated heterocycles. The number of amides is 5. The first-order valence-electron chi connectivity index (χ1n) is 12.6. The summed E-state index contributed by atoms with van der Waals surface area (Å²) in [7, 11) is 0. The largest absolute Gasteiger partial charge is 0.356 e. The maximum absolute atomic E-state index is 13.8. The highest BCUT2D eigenvalue weighted by Gasteiger charge is 2.70. The van der Waals surface area contributed by atoms with Crippen molar-refractivity contribution in [1.82, 2.24) is 26.0 Å². The molecule has 38 heavy (non-hydrogen) atoms. The van der Waals surface area contributed by atoms with Crippen LogP contribution in [0.3, 0.4) is 0 Å². The van der Waals surface area contributed by atoms with E-state index in [0.717, 1.165) is 0 Å². The molecule has 2 aliphatic heterocycles. The third kappa shape index (κ3) is 5.72. The standard InChI is InChI=1S/C24H35ClF3N5O5/c1-6-23(2,3)15(30-20(36)17(27)28)21(37)32-10-12-13(24(12,4)5)14(32)19(35)31-33(22(38)16(25)26)9-11-7-8-29-18(11)34/h11-17H,6-10H2,1-5H3,(H,29,34)(H,30,36)(H,31,35)/t11-,12-,13-,14-,15+,16+/m0/s1. The number of likely N-dealkylation sites (tertiary alicyclic amines) is 1. The molecule has 3 aliphatic rings. The lowest BCUT2D eigenvalue weighted by Gasteiger charge is -2.39. The predicted octanol–water partition coefficient (Wildman–Crippen LogP) is 1.19. The lowest BCUT2D eigenvalue weighted by Crippen LogP contribution is -2.62. The predicted molar refractivity (Wildman–Crippen MR) is 130 cm³/mol. The maximum atomic E-state index is 13.8. The number of rotatable bonds is 9. The Balaban J connectivity index is 1.88. The van der Waals surface area contributed by atoms with Gasteiger partial charge in [0, 0.05) is 13.1 Å². The molecule has 10 nitrogen and oxygen atoms in total.